The molecule has 0 radical (unpaired) electrons. The normalized spacial score (nSPS) is 13.5. The lowest BCUT2D eigenvalue weighted by Gasteiger charge is -2.22. The molecule has 1 aliphatic rings. The van der Waals surface area contributed by atoms with Crippen LogP contribution in [0.3, 0.4) is 0 Å². The molecule has 0 saturated heterocycles. The van der Waals surface area contributed by atoms with Gasteiger partial charge in [-0.2, -0.15) is 0 Å². The molecule has 6 rings (SSSR count). The van der Waals surface area contributed by atoms with E-state index in [1.165, 1.54) is 4.90 Å². The second-order valence-electron chi connectivity index (χ2n) is 11.8. The Morgan fingerprint density at radius 1 is 0.830 bits per heavy atom. The van der Waals surface area contributed by atoms with Crippen molar-refractivity contribution in [2.75, 3.05) is 44.9 Å². The number of amides is 2. The highest BCUT2D eigenvalue weighted by Gasteiger charge is 2.35. The number of nitrogens with zero attached hydrogens (tertiary/aromatic N) is 3. The summed E-state index contributed by atoms with van der Waals surface area (Å²) in [5.74, 6) is -0.442. The van der Waals surface area contributed by atoms with E-state index >= 15 is 0 Å². The van der Waals surface area contributed by atoms with Crippen LogP contribution in [0.1, 0.15) is 41.5 Å². The number of carbonyl (C=O) groups is 2. The number of imide groups is 1. The van der Waals surface area contributed by atoms with Crippen LogP contribution in [0.15, 0.2) is 77.3 Å². The molecule has 47 heavy (non-hydrogen) atoms. The summed E-state index contributed by atoms with van der Waals surface area (Å²) in [4.78, 5) is 35.0. The predicted molar refractivity (Wildman–Crippen MR) is 181 cm³/mol. The standard InChI is InChI=1S/C34H34N4O7S2/c1-34(2,3)47(41,42)31-19-25-26(37-22-8-9-30-28(18-22)36-21-46-30)10-11-35-27(25)20-29(31)45-17-16-44-15-14-43-13-12-38-32(39)23-6-4-5-7-24(23)33(38)40/h4-11,18-21H,12-17H2,1-3H3,(H,35,37). The topological polar surface area (TPSA) is 137 Å². The summed E-state index contributed by atoms with van der Waals surface area (Å²) in [6, 6.07) is 17.7. The Labute approximate surface area is 276 Å². The van der Waals surface area contributed by atoms with Crippen molar-refractivity contribution < 1.29 is 32.2 Å². The third-order valence-electron chi connectivity index (χ3n) is 7.71. The molecule has 1 N–H and O–H groups in total. The molecule has 0 bridgehead atoms. The fourth-order valence-corrected chi connectivity index (χ4v) is 7.11. The molecule has 13 heteroatoms. The number of anilines is 2. The first-order valence-corrected chi connectivity index (χ1v) is 17.4. The monoisotopic (exact) mass is 674 g/mol. The number of hydrogen-bond acceptors (Lipinski definition) is 11. The Balaban J connectivity index is 1.06. The third kappa shape index (κ3) is 6.70. The van der Waals surface area contributed by atoms with Crippen molar-refractivity contribution in [3.63, 3.8) is 0 Å². The van der Waals surface area contributed by atoms with Gasteiger partial charge in [0.2, 0.25) is 0 Å². The van der Waals surface area contributed by atoms with E-state index in [0.29, 0.717) is 27.7 Å². The van der Waals surface area contributed by atoms with Crippen molar-refractivity contribution in [3.8, 4) is 5.75 Å². The summed E-state index contributed by atoms with van der Waals surface area (Å²) in [6.07, 6.45) is 1.66. The average Bonchev–Trinajstić information content (AvgIpc) is 3.61. The molecule has 244 valence electrons. The molecule has 2 aromatic heterocycles. The van der Waals surface area contributed by atoms with Crippen LogP contribution in [-0.2, 0) is 19.3 Å². The summed E-state index contributed by atoms with van der Waals surface area (Å²) in [7, 11) is -3.80. The Morgan fingerprint density at radius 2 is 1.53 bits per heavy atom. The van der Waals surface area contributed by atoms with E-state index in [0.717, 1.165) is 15.9 Å². The molecule has 0 aliphatic carbocycles. The van der Waals surface area contributed by atoms with E-state index < -0.39 is 14.6 Å². The van der Waals surface area contributed by atoms with Crippen LogP contribution in [0, 0.1) is 0 Å². The molecule has 0 fully saturated rings. The van der Waals surface area contributed by atoms with E-state index in [1.807, 2.05) is 18.2 Å². The highest BCUT2D eigenvalue weighted by Crippen LogP contribution is 2.38. The zero-order valence-corrected chi connectivity index (χ0v) is 27.8. The summed E-state index contributed by atoms with van der Waals surface area (Å²) < 4.78 is 44.6. The van der Waals surface area contributed by atoms with Crippen molar-refractivity contribution in [2.24, 2.45) is 0 Å². The number of hydrogen-bond donors (Lipinski definition) is 1. The highest BCUT2D eigenvalue weighted by atomic mass is 32.2. The van der Waals surface area contributed by atoms with Gasteiger partial charge in [-0.05, 0) is 63.2 Å². The zero-order valence-electron chi connectivity index (χ0n) is 26.2. The Kier molecular flexibility index (Phi) is 9.24. The fraction of sp³-hybridized carbons (Fsp3) is 0.294. The van der Waals surface area contributed by atoms with Crippen LogP contribution < -0.4 is 10.1 Å². The van der Waals surface area contributed by atoms with Crippen LogP contribution >= 0.6 is 11.3 Å². The van der Waals surface area contributed by atoms with Crippen molar-refractivity contribution in [1.29, 1.82) is 0 Å². The zero-order chi connectivity index (χ0) is 33.2. The van der Waals surface area contributed by atoms with E-state index in [1.54, 1.807) is 86.3 Å². The largest absolute Gasteiger partial charge is 0.490 e. The van der Waals surface area contributed by atoms with Crippen molar-refractivity contribution >= 4 is 65.5 Å². The number of nitrogens with one attached hydrogen (secondary N) is 1. The molecule has 3 aromatic carbocycles. The lowest BCUT2D eigenvalue weighted by atomic mass is 10.1. The van der Waals surface area contributed by atoms with E-state index in [4.69, 9.17) is 14.2 Å². The summed E-state index contributed by atoms with van der Waals surface area (Å²) >= 11 is 1.56. The van der Waals surface area contributed by atoms with Crippen molar-refractivity contribution in [1.82, 2.24) is 14.9 Å². The number of carbonyl (C=O) groups excluding carboxylic acids is 2. The number of benzene rings is 3. The van der Waals surface area contributed by atoms with Crippen LogP contribution in [-0.4, -0.2) is 79.4 Å². The molecule has 11 nitrogen and oxygen atoms in total. The summed E-state index contributed by atoms with van der Waals surface area (Å²) in [5, 5.41) is 4.03. The van der Waals surface area contributed by atoms with Gasteiger partial charge in [0.05, 0.1) is 70.1 Å². The number of thiazole rings is 1. The lowest BCUT2D eigenvalue weighted by Crippen LogP contribution is -2.33. The Hall–Kier alpha value is -4.43. The molecule has 3 heterocycles. The van der Waals surface area contributed by atoms with Gasteiger partial charge < -0.3 is 19.5 Å². The molecule has 0 saturated carbocycles. The van der Waals surface area contributed by atoms with Gasteiger partial charge in [0.15, 0.2) is 9.84 Å². The predicted octanol–water partition coefficient (Wildman–Crippen LogP) is 5.87. The number of aromatic nitrogens is 2. The Morgan fingerprint density at radius 3 is 2.26 bits per heavy atom. The van der Waals surface area contributed by atoms with Gasteiger partial charge in [0.25, 0.3) is 11.8 Å². The lowest BCUT2D eigenvalue weighted by molar-refractivity contribution is 0.0280. The minimum Gasteiger partial charge on any atom is -0.490 e. The maximum Gasteiger partial charge on any atom is 0.261 e. The number of ether oxygens (including phenoxy) is 3. The molecular formula is C34H34N4O7S2. The van der Waals surface area contributed by atoms with Crippen molar-refractivity contribution in [2.45, 2.75) is 30.4 Å². The summed E-state index contributed by atoms with van der Waals surface area (Å²) in [6.45, 7) is 6.06. The average molecular weight is 675 g/mol. The first kappa shape index (κ1) is 32.5. The van der Waals surface area contributed by atoms with Crippen LogP contribution in [0.2, 0.25) is 0 Å². The van der Waals surface area contributed by atoms with Gasteiger partial charge in [-0.1, -0.05) is 12.1 Å². The number of rotatable bonds is 13. The van der Waals surface area contributed by atoms with E-state index in [2.05, 4.69) is 15.3 Å². The van der Waals surface area contributed by atoms with Crippen LogP contribution in [0.4, 0.5) is 11.4 Å². The molecular weight excluding hydrogens is 641 g/mol. The molecule has 0 spiro atoms. The number of sulfone groups is 1. The quantitative estimate of drug-likeness (QED) is 0.119. The minimum absolute atomic E-state index is 0.0694. The molecule has 1 aliphatic heterocycles. The molecule has 0 atom stereocenters. The fourth-order valence-electron chi connectivity index (χ4n) is 5.14. The molecule has 5 aromatic rings. The number of pyridine rings is 1. The van der Waals surface area contributed by atoms with Gasteiger partial charge in [0.1, 0.15) is 17.3 Å². The molecule has 2 amide bonds. The minimum atomic E-state index is -3.80. The maximum atomic E-state index is 13.7. The summed E-state index contributed by atoms with van der Waals surface area (Å²) in [5.41, 5.74) is 5.57. The third-order valence-corrected chi connectivity index (χ3v) is 11.0. The van der Waals surface area contributed by atoms with Gasteiger partial charge in [-0.3, -0.25) is 19.5 Å². The van der Waals surface area contributed by atoms with Crippen molar-refractivity contribution in [3.05, 3.63) is 83.5 Å². The van der Waals surface area contributed by atoms with Gasteiger partial charge in [-0.15, -0.1) is 11.3 Å². The van der Waals surface area contributed by atoms with Gasteiger partial charge >= 0.3 is 0 Å². The first-order chi connectivity index (χ1) is 22.5. The van der Waals surface area contributed by atoms with Gasteiger partial charge in [0, 0.05) is 29.0 Å². The second kappa shape index (κ2) is 13.4. The molecule has 0 unspecified atom stereocenters. The van der Waals surface area contributed by atoms with Gasteiger partial charge in [-0.25, -0.2) is 13.4 Å². The maximum absolute atomic E-state index is 13.7. The van der Waals surface area contributed by atoms with E-state index in [9.17, 15) is 18.0 Å². The Bertz CT molecular complexity index is 2040. The van der Waals surface area contributed by atoms with E-state index in [-0.39, 0.29) is 62.0 Å². The number of fused-ring (bicyclic) bond motifs is 3. The smallest absolute Gasteiger partial charge is 0.261 e. The SMILES string of the molecule is CC(C)(C)S(=O)(=O)c1cc2c(Nc3ccc4scnc4c3)ccnc2cc1OCCOCCOCCN1C(=O)c2ccccc2C1=O. The van der Waals surface area contributed by atoms with Crippen LogP contribution in [0.5, 0.6) is 5.75 Å². The van der Waals surface area contributed by atoms with Crippen LogP contribution in [0.25, 0.3) is 21.1 Å². The first-order valence-electron chi connectivity index (χ1n) is 15.1. The second-order valence-corrected chi connectivity index (χ2v) is 15.4. The highest BCUT2D eigenvalue weighted by molar-refractivity contribution is 7.92.